The van der Waals surface area contributed by atoms with Crippen LogP contribution in [0.15, 0.2) is 12.1 Å². The lowest BCUT2D eigenvalue weighted by molar-refractivity contribution is 0.588. The Kier molecular flexibility index (Phi) is 2.77. The number of benzene rings is 1. The van der Waals surface area contributed by atoms with Crippen molar-refractivity contribution in [3.8, 4) is 6.07 Å². The fourth-order valence-corrected chi connectivity index (χ4v) is 1.39. The Morgan fingerprint density at radius 1 is 1.33 bits per heavy atom. The van der Waals surface area contributed by atoms with Gasteiger partial charge in [-0.3, -0.25) is 0 Å². The van der Waals surface area contributed by atoms with Gasteiger partial charge < -0.3 is 0 Å². The van der Waals surface area contributed by atoms with Crippen molar-refractivity contribution >= 4 is 15.9 Å². The predicted molar refractivity (Wildman–Crippen MR) is 43.7 cm³/mol. The van der Waals surface area contributed by atoms with Gasteiger partial charge in [0.05, 0.1) is 5.56 Å². The van der Waals surface area contributed by atoms with Gasteiger partial charge in [-0.15, -0.1) is 0 Å². The van der Waals surface area contributed by atoms with Crippen molar-refractivity contribution in [1.82, 2.24) is 0 Å². The molecule has 0 bridgehead atoms. The van der Waals surface area contributed by atoms with Crippen LogP contribution in [0.25, 0.3) is 0 Å². The second kappa shape index (κ2) is 3.63. The van der Waals surface area contributed by atoms with E-state index in [9.17, 15) is 8.78 Å². The maximum absolute atomic E-state index is 12.9. The highest BCUT2D eigenvalue weighted by molar-refractivity contribution is 9.08. The van der Waals surface area contributed by atoms with Crippen LogP contribution < -0.4 is 0 Å². The van der Waals surface area contributed by atoms with E-state index in [1.54, 1.807) is 6.07 Å². The molecule has 0 aliphatic heterocycles. The lowest BCUT2D eigenvalue weighted by atomic mass is 10.1. The SMILES string of the molecule is N#Cc1c(F)ccc(F)c1CBr. The summed E-state index contributed by atoms with van der Waals surface area (Å²) in [5.41, 5.74) is -0.163. The lowest BCUT2D eigenvalue weighted by Gasteiger charge is -2.01. The third-order valence-corrected chi connectivity index (χ3v) is 2.01. The second-order valence-corrected chi connectivity index (χ2v) is 2.69. The molecule has 0 fully saturated rings. The average Bonchev–Trinajstić information content (AvgIpc) is 2.08. The quantitative estimate of drug-likeness (QED) is 0.683. The molecule has 0 aromatic heterocycles. The minimum absolute atomic E-state index is 0.0671. The summed E-state index contributed by atoms with van der Waals surface area (Å²) >= 11 is 2.98. The number of nitriles is 1. The van der Waals surface area contributed by atoms with Gasteiger partial charge in [-0.1, -0.05) is 15.9 Å². The average molecular weight is 232 g/mol. The van der Waals surface area contributed by atoms with Gasteiger partial charge in [0.1, 0.15) is 17.7 Å². The summed E-state index contributed by atoms with van der Waals surface area (Å²) in [5, 5.41) is 8.62. The van der Waals surface area contributed by atoms with Crippen LogP contribution in [0.5, 0.6) is 0 Å². The fraction of sp³-hybridized carbons (Fsp3) is 0.125. The zero-order valence-electron chi connectivity index (χ0n) is 5.94. The molecule has 0 heterocycles. The van der Waals surface area contributed by atoms with Gasteiger partial charge in [-0.05, 0) is 12.1 Å². The predicted octanol–water partition coefficient (Wildman–Crippen LogP) is 2.73. The first-order chi connectivity index (χ1) is 5.70. The minimum atomic E-state index is -0.687. The number of nitrogens with zero attached hydrogens (tertiary/aromatic N) is 1. The molecule has 0 atom stereocenters. The molecule has 0 saturated heterocycles. The highest BCUT2D eigenvalue weighted by Crippen LogP contribution is 2.18. The van der Waals surface area contributed by atoms with Gasteiger partial charge in [0, 0.05) is 10.9 Å². The third kappa shape index (κ3) is 1.46. The van der Waals surface area contributed by atoms with Crippen molar-refractivity contribution in [2.45, 2.75) is 5.33 Å². The lowest BCUT2D eigenvalue weighted by Crippen LogP contribution is -1.95. The maximum Gasteiger partial charge on any atom is 0.141 e. The Morgan fingerprint density at radius 3 is 2.33 bits per heavy atom. The smallest absolute Gasteiger partial charge is 0.141 e. The van der Waals surface area contributed by atoms with Crippen LogP contribution in [-0.2, 0) is 5.33 Å². The largest absolute Gasteiger partial charge is 0.207 e. The third-order valence-electron chi connectivity index (χ3n) is 1.45. The molecule has 0 amide bonds. The van der Waals surface area contributed by atoms with Crippen molar-refractivity contribution in [1.29, 1.82) is 5.26 Å². The molecule has 12 heavy (non-hydrogen) atoms. The second-order valence-electron chi connectivity index (χ2n) is 2.13. The first kappa shape index (κ1) is 9.14. The number of halogens is 3. The molecule has 0 saturated carbocycles. The molecule has 0 aliphatic rings. The van der Waals surface area contributed by atoms with Crippen LogP contribution in [0, 0.1) is 23.0 Å². The van der Waals surface area contributed by atoms with Gasteiger partial charge in [0.25, 0.3) is 0 Å². The van der Waals surface area contributed by atoms with Crippen LogP contribution in [0.3, 0.4) is 0 Å². The Hall–Kier alpha value is -0.950. The molecule has 1 nitrogen and oxygen atoms in total. The summed E-state index contributed by atoms with van der Waals surface area (Å²) in [6, 6.07) is 3.56. The summed E-state index contributed by atoms with van der Waals surface area (Å²) in [5.74, 6) is -1.25. The number of rotatable bonds is 1. The van der Waals surface area contributed by atoms with Crippen molar-refractivity contribution in [2.24, 2.45) is 0 Å². The van der Waals surface area contributed by atoms with Crippen LogP contribution in [0.4, 0.5) is 8.78 Å². The number of alkyl halides is 1. The van der Waals surface area contributed by atoms with Gasteiger partial charge >= 0.3 is 0 Å². The summed E-state index contributed by atoms with van der Waals surface area (Å²) < 4.78 is 25.7. The van der Waals surface area contributed by atoms with Gasteiger partial charge in [-0.2, -0.15) is 5.26 Å². The molecule has 0 radical (unpaired) electrons. The molecule has 0 N–H and O–H groups in total. The molecule has 1 aromatic carbocycles. The normalized spacial score (nSPS) is 9.50. The molecule has 1 rings (SSSR count). The first-order valence-corrected chi connectivity index (χ1v) is 4.25. The number of hydrogen-bond acceptors (Lipinski definition) is 1. The standard InChI is InChI=1S/C8H4BrF2N/c9-3-5-6(4-12)8(11)2-1-7(5)10/h1-2H,3H2. The fourth-order valence-electron chi connectivity index (χ4n) is 0.845. The van der Waals surface area contributed by atoms with E-state index < -0.39 is 11.6 Å². The van der Waals surface area contributed by atoms with Crippen molar-refractivity contribution in [3.63, 3.8) is 0 Å². The van der Waals surface area contributed by atoms with Crippen molar-refractivity contribution in [3.05, 3.63) is 34.9 Å². The molecular formula is C8H4BrF2N. The Morgan fingerprint density at radius 2 is 1.92 bits per heavy atom. The van der Waals surface area contributed by atoms with Gasteiger partial charge in [0.2, 0.25) is 0 Å². The zero-order chi connectivity index (χ0) is 9.14. The molecule has 0 spiro atoms. The van der Waals surface area contributed by atoms with E-state index in [1.807, 2.05) is 0 Å². The van der Waals surface area contributed by atoms with Crippen LogP contribution in [0.1, 0.15) is 11.1 Å². The molecule has 0 unspecified atom stereocenters. The van der Waals surface area contributed by atoms with E-state index >= 15 is 0 Å². The zero-order valence-corrected chi connectivity index (χ0v) is 7.53. The van der Waals surface area contributed by atoms with Crippen LogP contribution in [0.2, 0.25) is 0 Å². The van der Waals surface area contributed by atoms with E-state index in [1.165, 1.54) is 0 Å². The Labute approximate surface area is 76.8 Å². The van der Waals surface area contributed by atoms with E-state index in [-0.39, 0.29) is 16.5 Å². The Bertz CT molecular complexity index is 344. The first-order valence-electron chi connectivity index (χ1n) is 3.13. The molecule has 62 valence electrons. The number of hydrogen-bond donors (Lipinski definition) is 0. The van der Waals surface area contributed by atoms with Crippen molar-refractivity contribution in [2.75, 3.05) is 0 Å². The highest BCUT2D eigenvalue weighted by atomic mass is 79.9. The van der Waals surface area contributed by atoms with Crippen LogP contribution in [-0.4, -0.2) is 0 Å². The molecule has 4 heteroatoms. The van der Waals surface area contributed by atoms with E-state index in [0.717, 1.165) is 12.1 Å². The minimum Gasteiger partial charge on any atom is -0.207 e. The molecule has 0 aliphatic carbocycles. The van der Waals surface area contributed by atoms with Gasteiger partial charge in [-0.25, -0.2) is 8.78 Å². The summed E-state index contributed by atoms with van der Waals surface area (Å²) in [4.78, 5) is 0. The Balaban J connectivity index is 3.41. The summed E-state index contributed by atoms with van der Waals surface area (Å²) in [7, 11) is 0. The van der Waals surface area contributed by atoms with E-state index in [2.05, 4.69) is 15.9 Å². The summed E-state index contributed by atoms with van der Waals surface area (Å²) in [6.45, 7) is 0. The summed E-state index contributed by atoms with van der Waals surface area (Å²) in [6.07, 6.45) is 0. The highest BCUT2D eigenvalue weighted by Gasteiger charge is 2.11. The maximum atomic E-state index is 12.9. The molecule has 1 aromatic rings. The van der Waals surface area contributed by atoms with Crippen LogP contribution >= 0.6 is 15.9 Å². The van der Waals surface area contributed by atoms with Crippen molar-refractivity contribution < 1.29 is 8.78 Å². The molecular weight excluding hydrogens is 228 g/mol. The van der Waals surface area contributed by atoms with E-state index in [4.69, 9.17) is 5.26 Å². The monoisotopic (exact) mass is 231 g/mol. The van der Waals surface area contributed by atoms with Gasteiger partial charge in [0.15, 0.2) is 0 Å². The topological polar surface area (TPSA) is 23.8 Å². The van der Waals surface area contributed by atoms with E-state index in [0.29, 0.717) is 0 Å².